The predicted molar refractivity (Wildman–Crippen MR) is 56.4 cm³/mol. The summed E-state index contributed by atoms with van der Waals surface area (Å²) >= 11 is 0. The van der Waals surface area contributed by atoms with Gasteiger partial charge in [0.15, 0.2) is 6.07 Å². The Hall–Kier alpha value is -2.59. The number of nitrogens with zero attached hydrogens (tertiary/aromatic N) is 3. The van der Waals surface area contributed by atoms with Gasteiger partial charge in [-0.15, -0.1) is 0 Å². The van der Waals surface area contributed by atoms with Gasteiger partial charge < -0.3 is 5.73 Å². The molecule has 0 aliphatic rings. The van der Waals surface area contributed by atoms with Crippen molar-refractivity contribution in [2.75, 3.05) is 5.73 Å². The Bertz CT molecular complexity index is 614. The van der Waals surface area contributed by atoms with Gasteiger partial charge in [0, 0.05) is 24.0 Å². The van der Waals surface area contributed by atoms with Crippen LogP contribution in [0.25, 0.3) is 11.0 Å². The van der Waals surface area contributed by atoms with Crippen molar-refractivity contribution in [1.82, 2.24) is 9.97 Å². The zero-order valence-corrected chi connectivity index (χ0v) is 7.73. The van der Waals surface area contributed by atoms with Crippen molar-refractivity contribution in [2.24, 2.45) is 0 Å². The zero-order chi connectivity index (χ0) is 10.7. The molecule has 1 aromatic heterocycles. The van der Waals surface area contributed by atoms with Gasteiger partial charge in [0.1, 0.15) is 5.52 Å². The zero-order valence-electron chi connectivity index (χ0n) is 7.73. The molecule has 2 aromatic rings. The number of nitrogens with two attached hydrogens (primary N) is 1. The van der Waals surface area contributed by atoms with Gasteiger partial charge in [-0.05, 0) is 18.1 Å². The largest absolute Gasteiger partial charge is 0.398 e. The molecule has 0 aliphatic heterocycles. The molecule has 4 nitrogen and oxygen atoms in total. The second-order valence-corrected chi connectivity index (χ2v) is 2.82. The summed E-state index contributed by atoms with van der Waals surface area (Å²) in [4.78, 5) is 8.26. The summed E-state index contributed by atoms with van der Waals surface area (Å²) in [6.45, 7) is 0. The lowest BCUT2D eigenvalue weighted by Gasteiger charge is -2.01. The number of fused-ring (bicyclic) bond motifs is 1. The normalized spacial score (nSPS) is 9.00. The monoisotopic (exact) mass is 194 g/mol. The van der Waals surface area contributed by atoms with E-state index in [2.05, 4.69) is 21.8 Å². The van der Waals surface area contributed by atoms with Crippen LogP contribution < -0.4 is 5.73 Å². The number of hydrogen-bond acceptors (Lipinski definition) is 4. The Morgan fingerprint density at radius 1 is 1.20 bits per heavy atom. The maximum absolute atomic E-state index is 8.39. The summed E-state index contributed by atoms with van der Waals surface area (Å²) in [5, 5.41) is 8.39. The van der Waals surface area contributed by atoms with E-state index in [1.165, 1.54) is 0 Å². The Morgan fingerprint density at radius 2 is 2.00 bits per heavy atom. The van der Waals surface area contributed by atoms with Crippen LogP contribution in [0.3, 0.4) is 0 Å². The highest BCUT2D eigenvalue weighted by molar-refractivity contribution is 5.86. The molecule has 0 amide bonds. The van der Waals surface area contributed by atoms with Crippen molar-refractivity contribution in [2.45, 2.75) is 0 Å². The quantitative estimate of drug-likeness (QED) is 0.503. The topological polar surface area (TPSA) is 75.6 Å². The first-order valence-electron chi connectivity index (χ1n) is 4.22. The summed E-state index contributed by atoms with van der Waals surface area (Å²) in [6, 6.07) is 5.22. The molecule has 1 aromatic carbocycles. The van der Waals surface area contributed by atoms with Gasteiger partial charge in [-0.3, -0.25) is 9.97 Å². The number of aromatic nitrogens is 2. The van der Waals surface area contributed by atoms with Gasteiger partial charge in [0.25, 0.3) is 0 Å². The fourth-order valence-electron chi connectivity index (χ4n) is 1.27. The summed E-state index contributed by atoms with van der Waals surface area (Å²) in [5.74, 6) is 4.97. The van der Waals surface area contributed by atoms with Crippen molar-refractivity contribution in [3.8, 4) is 17.9 Å². The van der Waals surface area contributed by atoms with Crippen LogP contribution in [0.2, 0.25) is 0 Å². The van der Waals surface area contributed by atoms with Crippen LogP contribution in [0.1, 0.15) is 5.56 Å². The van der Waals surface area contributed by atoms with Crippen molar-refractivity contribution in [3.63, 3.8) is 0 Å². The number of hydrogen-bond donors (Lipinski definition) is 1. The molecule has 2 N–H and O–H groups in total. The molecule has 70 valence electrons. The van der Waals surface area contributed by atoms with Crippen molar-refractivity contribution >= 4 is 16.7 Å². The molecular formula is C11H6N4. The third-order valence-electron chi connectivity index (χ3n) is 1.92. The molecule has 0 spiro atoms. The lowest BCUT2D eigenvalue weighted by Crippen LogP contribution is -1.94. The fourth-order valence-corrected chi connectivity index (χ4v) is 1.27. The molecule has 2 rings (SSSR count). The molecule has 0 atom stereocenters. The summed E-state index contributed by atoms with van der Waals surface area (Å²) in [5.41, 5.74) is 8.15. The van der Waals surface area contributed by atoms with Gasteiger partial charge in [-0.2, -0.15) is 5.26 Å². The maximum Gasteiger partial charge on any atom is 0.152 e. The third kappa shape index (κ3) is 1.56. The Kier molecular flexibility index (Phi) is 2.19. The SMILES string of the molecule is N#CC#Cc1c(N)ccc2nccnc12. The van der Waals surface area contributed by atoms with Gasteiger partial charge in [0.2, 0.25) is 0 Å². The van der Waals surface area contributed by atoms with Crippen molar-refractivity contribution in [1.29, 1.82) is 5.26 Å². The molecule has 15 heavy (non-hydrogen) atoms. The molecule has 0 saturated heterocycles. The summed E-state index contributed by atoms with van der Waals surface area (Å²) in [6.07, 6.45) is 3.17. The van der Waals surface area contributed by atoms with E-state index in [1.807, 2.05) is 0 Å². The molecule has 0 fully saturated rings. The van der Waals surface area contributed by atoms with Gasteiger partial charge >= 0.3 is 0 Å². The van der Waals surface area contributed by atoms with E-state index >= 15 is 0 Å². The van der Waals surface area contributed by atoms with Crippen molar-refractivity contribution < 1.29 is 0 Å². The Labute approximate surface area is 86.4 Å². The minimum atomic E-state index is 0.505. The average molecular weight is 194 g/mol. The molecule has 1 heterocycles. The number of nitriles is 1. The van der Waals surface area contributed by atoms with E-state index < -0.39 is 0 Å². The average Bonchev–Trinajstić information content (AvgIpc) is 2.28. The van der Waals surface area contributed by atoms with E-state index in [1.54, 1.807) is 30.6 Å². The van der Waals surface area contributed by atoms with Crippen LogP contribution in [-0.2, 0) is 0 Å². The third-order valence-corrected chi connectivity index (χ3v) is 1.92. The van der Waals surface area contributed by atoms with E-state index in [0.717, 1.165) is 0 Å². The van der Waals surface area contributed by atoms with Crippen LogP contribution in [0.4, 0.5) is 5.69 Å². The van der Waals surface area contributed by atoms with E-state index in [-0.39, 0.29) is 0 Å². The van der Waals surface area contributed by atoms with Gasteiger partial charge in [-0.25, -0.2) is 0 Å². The molecule has 0 bridgehead atoms. The molecule has 4 heteroatoms. The predicted octanol–water partition coefficient (Wildman–Crippen LogP) is 1.09. The lowest BCUT2D eigenvalue weighted by molar-refractivity contribution is 1.29. The van der Waals surface area contributed by atoms with Crippen LogP contribution in [0, 0.1) is 23.2 Å². The number of rotatable bonds is 0. The molecule has 0 unspecified atom stereocenters. The Balaban J connectivity index is 2.81. The first-order chi connectivity index (χ1) is 7.33. The molecular weight excluding hydrogens is 188 g/mol. The smallest absolute Gasteiger partial charge is 0.152 e. The fraction of sp³-hybridized carbons (Fsp3) is 0. The minimum Gasteiger partial charge on any atom is -0.398 e. The van der Waals surface area contributed by atoms with E-state index in [4.69, 9.17) is 11.0 Å². The molecule has 0 aliphatic carbocycles. The number of benzene rings is 1. The second-order valence-electron chi connectivity index (χ2n) is 2.82. The van der Waals surface area contributed by atoms with E-state index in [0.29, 0.717) is 22.3 Å². The highest BCUT2D eigenvalue weighted by Gasteiger charge is 2.04. The number of anilines is 1. The maximum atomic E-state index is 8.39. The number of nitrogen functional groups attached to an aromatic ring is 1. The minimum absolute atomic E-state index is 0.505. The van der Waals surface area contributed by atoms with Crippen LogP contribution in [-0.4, -0.2) is 9.97 Å². The summed E-state index contributed by atoms with van der Waals surface area (Å²) < 4.78 is 0. The lowest BCUT2D eigenvalue weighted by atomic mass is 10.1. The summed E-state index contributed by atoms with van der Waals surface area (Å²) in [7, 11) is 0. The highest BCUT2D eigenvalue weighted by Crippen LogP contribution is 2.19. The second kappa shape index (κ2) is 3.65. The van der Waals surface area contributed by atoms with Gasteiger partial charge in [0.05, 0.1) is 11.1 Å². The van der Waals surface area contributed by atoms with Crippen LogP contribution in [0.5, 0.6) is 0 Å². The standard InChI is InChI=1S/C11H6N4/c12-5-1-2-8-9(13)3-4-10-11(8)15-7-6-14-10/h3-4,6-7H,13H2. The first kappa shape index (κ1) is 8.98. The van der Waals surface area contributed by atoms with E-state index in [9.17, 15) is 0 Å². The first-order valence-corrected chi connectivity index (χ1v) is 4.22. The van der Waals surface area contributed by atoms with Crippen molar-refractivity contribution in [3.05, 3.63) is 30.1 Å². The molecule has 0 saturated carbocycles. The Morgan fingerprint density at radius 3 is 2.80 bits per heavy atom. The van der Waals surface area contributed by atoms with Crippen LogP contribution in [0.15, 0.2) is 24.5 Å². The van der Waals surface area contributed by atoms with Crippen LogP contribution >= 0.6 is 0 Å². The molecule has 0 radical (unpaired) electrons. The van der Waals surface area contributed by atoms with Gasteiger partial charge in [-0.1, -0.05) is 0 Å². The highest BCUT2D eigenvalue weighted by atomic mass is 14.8.